The first-order valence-corrected chi connectivity index (χ1v) is 10.7. The van der Waals surface area contributed by atoms with Gasteiger partial charge in [0.15, 0.2) is 0 Å². The van der Waals surface area contributed by atoms with Gasteiger partial charge in [-0.2, -0.15) is 11.8 Å². The Morgan fingerprint density at radius 2 is 1.81 bits per heavy atom. The number of thioether (sulfide) groups is 1. The second-order valence-corrected chi connectivity index (χ2v) is 10.5. The van der Waals surface area contributed by atoms with E-state index in [-0.39, 0.29) is 52.3 Å². The van der Waals surface area contributed by atoms with Crippen LogP contribution < -0.4 is 14.4 Å². The van der Waals surface area contributed by atoms with Crippen LogP contribution in [0.1, 0.15) is 33.6 Å². The van der Waals surface area contributed by atoms with Gasteiger partial charge in [0, 0.05) is 29.9 Å². The summed E-state index contributed by atoms with van der Waals surface area (Å²) in [4.78, 5) is 25.0. The number of nitrogens with one attached hydrogen (secondary N) is 1. The third-order valence-corrected chi connectivity index (χ3v) is 6.42. The molecule has 0 unspecified atom stereocenters. The lowest BCUT2D eigenvalue weighted by Gasteiger charge is -2.19. The molecular formula is C17H24N2O5S2. The largest absolute Gasteiger partial charge is 0.495 e. The molecule has 7 nitrogen and oxygen atoms in total. The molecule has 2 amide bonds. The Kier molecular flexibility index (Phi) is 6.36. The van der Waals surface area contributed by atoms with E-state index in [1.807, 2.05) is 0 Å². The molecule has 1 aliphatic rings. The van der Waals surface area contributed by atoms with Crippen LogP contribution >= 0.6 is 11.8 Å². The summed E-state index contributed by atoms with van der Waals surface area (Å²) in [5.41, 5.74) is 0.159. The van der Waals surface area contributed by atoms with E-state index in [2.05, 4.69) is 25.5 Å². The van der Waals surface area contributed by atoms with E-state index < -0.39 is 10.0 Å². The Balaban J connectivity index is 2.23. The Hall–Kier alpha value is -1.58. The van der Waals surface area contributed by atoms with Crippen LogP contribution in [0.15, 0.2) is 23.1 Å². The van der Waals surface area contributed by atoms with Crippen LogP contribution in [0.25, 0.3) is 0 Å². The molecule has 1 heterocycles. The molecule has 144 valence electrons. The van der Waals surface area contributed by atoms with E-state index >= 15 is 0 Å². The smallest absolute Gasteiger partial charge is 0.240 e. The molecule has 0 saturated carbocycles. The Bertz CT molecular complexity index is 784. The molecule has 0 bridgehead atoms. The van der Waals surface area contributed by atoms with Gasteiger partial charge in [-0.1, -0.05) is 20.8 Å². The normalized spacial score (nSPS) is 15.6. The number of rotatable bonds is 7. The van der Waals surface area contributed by atoms with Crippen molar-refractivity contribution in [3.63, 3.8) is 0 Å². The van der Waals surface area contributed by atoms with Gasteiger partial charge in [-0.3, -0.25) is 9.59 Å². The number of nitrogens with zero attached hydrogens (tertiary/aromatic N) is 1. The van der Waals surface area contributed by atoms with E-state index in [1.54, 1.807) is 11.8 Å². The molecular weight excluding hydrogens is 376 g/mol. The van der Waals surface area contributed by atoms with Crippen LogP contribution in [0, 0.1) is 0 Å². The van der Waals surface area contributed by atoms with Gasteiger partial charge in [0.25, 0.3) is 0 Å². The van der Waals surface area contributed by atoms with Crippen molar-refractivity contribution in [1.29, 1.82) is 0 Å². The molecule has 9 heteroatoms. The molecule has 26 heavy (non-hydrogen) atoms. The fraction of sp³-hybridized carbons (Fsp3) is 0.529. The average Bonchev–Trinajstić information content (AvgIpc) is 2.89. The molecule has 2 rings (SSSR count). The molecule has 0 aromatic heterocycles. The van der Waals surface area contributed by atoms with Crippen molar-refractivity contribution >= 4 is 39.3 Å². The molecule has 0 aliphatic carbocycles. The summed E-state index contributed by atoms with van der Waals surface area (Å²) in [7, 11) is -2.36. The Morgan fingerprint density at radius 3 is 2.35 bits per heavy atom. The minimum absolute atomic E-state index is 0.0124. The summed E-state index contributed by atoms with van der Waals surface area (Å²) in [5, 5.41) is 0. The van der Waals surface area contributed by atoms with E-state index in [9.17, 15) is 18.0 Å². The number of carbonyl (C=O) groups is 2. The fourth-order valence-corrected chi connectivity index (χ4v) is 4.47. The van der Waals surface area contributed by atoms with Crippen molar-refractivity contribution in [2.45, 2.75) is 43.3 Å². The van der Waals surface area contributed by atoms with Gasteiger partial charge in [0.2, 0.25) is 21.8 Å². The lowest BCUT2D eigenvalue weighted by molar-refractivity contribution is -0.121. The van der Waals surface area contributed by atoms with Crippen LogP contribution in [-0.2, 0) is 19.6 Å². The summed E-state index contributed by atoms with van der Waals surface area (Å²) in [5.74, 6) is 0.181. The average molecular weight is 401 g/mol. The number of amides is 2. The Morgan fingerprint density at radius 1 is 1.19 bits per heavy atom. The molecule has 0 atom stereocenters. The fourth-order valence-electron chi connectivity index (χ4n) is 2.47. The van der Waals surface area contributed by atoms with E-state index in [0.29, 0.717) is 5.75 Å². The van der Waals surface area contributed by atoms with Gasteiger partial charge < -0.3 is 4.74 Å². The van der Waals surface area contributed by atoms with Gasteiger partial charge in [-0.15, -0.1) is 0 Å². The first-order chi connectivity index (χ1) is 12.0. The van der Waals surface area contributed by atoms with Crippen LogP contribution in [0.2, 0.25) is 0 Å². The zero-order valence-electron chi connectivity index (χ0n) is 15.4. The monoisotopic (exact) mass is 400 g/mol. The van der Waals surface area contributed by atoms with E-state index in [4.69, 9.17) is 4.74 Å². The lowest BCUT2D eigenvalue weighted by atomic mass is 10.2. The highest BCUT2D eigenvalue weighted by atomic mass is 32.2. The molecule has 1 aromatic carbocycles. The SMILES string of the molecule is COc1ccc(S(=O)(=O)NCCSC(C)(C)C)cc1N1C(=O)CCC1=O. The number of hydrogen-bond donors (Lipinski definition) is 1. The first kappa shape index (κ1) is 20.7. The second kappa shape index (κ2) is 7.98. The van der Waals surface area contributed by atoms with Crippen molar-refractivity contribution in [3.8, 4) is 5.75 Å². The number of imide groups is 1. The van der Waals surface area contributed by atoms with Crippen molar-refractivity contribution in [1.82, 2.24) is 4.72 Å². The predicted molar refractivity (Wildman–Crippen MR) is 102 cm³/mol. The highest BCUT2D eigenvalue weighted by molar-refractivity contribution is 8.00. The van der Waals surface area contributed by atoms with Crippen molar-refractivity contribution < 1.29 is 22.7 Å². The summed E-state index contributed by atoms with van der Waals surface area (Å²) < 4.78 is 32.9. The predicted octanol–water partition coefficient (Wildman–Crippen LogP) is 2.16. The summed E-state index contributed by atoms with van der Waals surface area (Å²) in [6, 6.07) is 4.15. The van der Waals surface area contributed by atoms with Crippen LogP contribution in [-0.4, -0.2) is 44.4 Å². The number of anilines is 1. The highest BCUT2D eigenvalue weighted by Gasteiger charge is 2.33. The minimum atomic E-state index is -3.76. The summed E-state index contributed by atoms with van der Waals surface area (Å²) in [6.07, 6.45) is 0.225. The van der Waals surface area contributed by atoms with Gasteiger partial charge in [0.05, 0.1) is 17.7 Å². The number of sulfonamides is 1. The topological polar surface area (TPSA) is 92.8 Å². The van der Waals surface area contributed by atoms with Crippen molar-refractivity contribution in [3.05, 3.63) is 18.2 Å². The van der Waals surface area contributed by atoms with Gasteiger partial charge in [0.1, 0.15) is 5.75 Å². The maximum atomic E-state index is 12.5. The van der Waals surface area contributed by atoms with E-state index in [0.717, 1.165) is 4.90 Å². The number of carbonyl (C=O) groups excluding carboxylic acids is 2. The quantitative estimate of drug-likeness (QED) is 0.557. The number of benzene rings is 1. The molecule has 0 radical (unpaired) electrons. The second-order valence-electron chi connectivity index (χ2n) is 6.82. The lowest BCUT2D eigenvalue weighted by Crippen LogP contribution is -2.30. The number of methoxy groups -OCH3 is 1. The summed E-state index contributed by atoms with van der Waals surface area (Å²) in [6.45, 7) is 6.47. The van der Waals surface area contributed by atoms with E-state index in [1.165, 1.54) is 25.3 Å². The van der Waals surface area contributed by atoms with Crippen LogP contribution in [0.5, 0.6) is 5.75 Å². The van der Waals surface area contributed by atoms with Gasteiger partial charge in [-0.05, 0) is 18.2 Å². The number of ether oxygens (including phenoxy) is 1. The maximum Gasteiger partial charge on any atom is 0.240 e. The van der Waals surface area contributed by atoms with Crippen LogP contribution in [0.3, 0.4) is 0 Å². The summed E-state index contributed by atoms with van der Waals surface area (Å²) >= 11 is 1.66. The first-order valence-electron chi connectivity index (χ1n) is 8.22. The molecule has 1 saturated heterocycles. The molecule has 1 aliphatic heterocycles. The zero-order valence-corrected chi connectivity index (χ0v) is 17.0. The standard InChI is InChI=1S/C17H24N2O5S2/c1-17(2,3)25-10-9-18-26(22,23)12-5-6-14(24-4)13(11-12)19-15(20)7-8-16(19)21/h5-6,11,18H,7-10H2,1-4H3. The third-order valence-electron chi connectivity index (χ3n) is 3.68. The molecule has 1 fully saturated rings. The molecule has 1 N–H and O–H groups in total. The van der Waals surface area contributed by atoms with Gasteiger partial charge >= 0.3 is 0 Å². The van der Waals surface area contributed by atoms with Crippen molar-refractivity contribution in [2.24, 2.45) is 0 Å². The van der Waals surface area contributed by atoms with Crippen LogP contribution in [0.4, 0.5) is 5.69 Å². The van der Waals surface area contributed by atoms with Gasteiger partial charge in [-0.25, -0.2) is 18.0 Å². The third kappa shape index (κ3) is 4.99. The minimum Gasteiger partial charge on any atom is -0.495 e. The number of hydrogen-bond acceptors (Lipinski definition) is 6. The maximum absolute atomic E-state index is 12.5. The zero-order chi connectivity index (χ0) is 19.5. The highest BCUT2D eigenvalue weighted by Crippen LogP contribution is 2.34. The van der Waals surface area contributed by atoms with Crippen molar-refractivity contribution in [2.75, 3.05) is 24.3 Å². The molecule has 1 aromatic rings. The molecule has 0 spiro atoms. The Labute approximate surface area is 158 Å².